The molecule has 1 saturated carbocycles. The standard InChI is InChI=1S/C28H28F3N5O5/c1-15-33-26(41-35-15)23-10-22(23)25(37)32-11-17-5-6-20(16-3-2-4-19(9-16)40-28(29,30)31)21-7-8-36(12-24(17)21)27(38)34-18-13-39-14-18/h2-6,9,18,22-23H,7-8,10-14H2,1H3,(H,32,37)(H,34,38)/t22-,23-/m1/s1. The van der Waals surface area contributed by atoms with Gasteiger partial charge in [-0.25, -0.2) is 4.79 Å². The van der Waals surface area contributed by atoms with E-state index >= 15 is 0 Å². The van der Waals surface area contributed by atoms with Gasteiger partial charge in [0.2, 0.25) is 11.8 Å². The van der Waals surface area contributed by atoms with Crippen LogP contribution in [0.4, 0.5) is 18.0 Å². The molecule has 2 fully saturated rings. The summed E-state index contributed by atoms with van der Waals surface area (Å²) in [5.41, 5.74) is 3.93. The van der Waals surface area contributed by atoms with E-state index < -0.39 is 6.36 Å². The molecule has 3 aliphatic rings. The third kappa shape index (κ3) is 5.99. The van der Waals surface area contributed by atoms with Crippen LogP contribution in [-0.2, 0) is 29.0 Å². The van der Waals surface area contributed by atoms with E-state index in [1.165, 1.54) is 18.2 Å². The second-order valence-electron chi connectivity index (χ2n) is 10.5. The quantitative estimate of drug-likeness (QED) is 0.443. The summed E-state index contributed by atoms with van der Waals surface area (Å²) in [5, 5.41) is 9.75. The summed E-state index contributed by atoms with van der Waals surface area (Å²) in [7, 11) is 0. The Morgan fingerprint density at radius 3 is 2.71 bits per heavy atom. The van der Waals surface area contributed by atoms with Crippen molar-refractivity contribution in [2.75, 3.05) is 19.8 Å². The van der Waals surface area contributed by atoms with E-state index in [4.69, 9.17) is 9.26 Å². The molecule has 2 aliphatic heterocycles. The molecule has 13 heteroatoms. The number of nitrogens with one attached hydrogen (secondary N) is 2. The lowest BCUT2D eigenvalue weighted by molar-refractivity contribution is -0.274. The number of aromatic nitrogens is 2. The van der Waals surface area contributed by atoms with Gasteiger partial charge in [0, 0.05) is 19.6 Å². The number of carbonyl (C=O) groups excluding carboxylic acids is 2. The number of alkyl halides is 3. The van der Waals surface area contributed by atoms with Crippen molar-refractivity contribution >= 4 is 11.9 Å². The summed E-state index contributed by atoms with van der Waals surface area (Å²) in [6.45, 7) is 3.62. The van der Waals surface area contributed by atoms with E-state index in [1.807, 2.05) is 12.1 Å². The Morgan fingerprint density at radius 1 is 1.17 bits per heavy atom. The second-order valence-corrected chi connectivity index (χ2v) is 10.5. The summed E-state index contributed by atoms with van der Waals surface area (Å²) in [5.74, 6) is 0.180. The first-order valence-corrected chi connectivity index (χ1v) is 13.4. The van der Waals surface area contributed by atoms with E-state index in [0.717, 1.165) is 22.3 Å². The summed E-state index contributed by atoms with van der Waals surface area (Å²) < 4.78 is 53.1. The zero-order valence-electron chi connectivity index (χ0n) is 22.2. The predicted molar refractivity (Wildman–Crippen MR) is 138 cm³/mol. The molecule has 3 aromatic rings. The Bertz CT molecular complexity index is 1470. The van der Waals surface area contributed by atoms with E-state index in [1.54, 1.807) is 17.9 Å². The van der Waals surface area contributed by atoms with Crippen molar-refractivity contribution < 1.29 is 36.8 Å². The highest BCUT2D eigenvalue weighted by atomic mass is 19.4. The van der Waals surface area contributed by atoms with Crippen molar-refractivity contribution in [3.8, 4) is 16.9 Å². The van der Waals surface area contributed by atoms with Crippen LogP contribution in [0.15, 0.2) is 40.9 Å². The van der Waals surface area contributed by atoms with Crippen LogP contribution in [0.1, 0.15) is 40.7 Å². The number of rotatable bonds is 7. The lowest BCUT2D eigenvalue weighted by Crippen LogP contribution is -2.53. The Kier molecular flexibility index (Phi) is 7.06. The molecule has 216 valence electrons. The van der Waals surface area contributed by atoms with Crippen LogP contribution in [-0.4, -0.2) is 59.1 Å². The molecule has 10 nitrogen and oxygen atoms in total. The van der Waals surface area contributed by atoms with E-state index in [-0.39, 0.29) is 42.1 Å². The number of amides is 3. The van der Waals surface area contributed by atoms with Crippen LogP contribution < -0.4 is 15.4 Å². The van der Waals surface area contributed by atoms with Gasteiger partial charge in [0.1, 0.15) is 5.75 Å². The maximum Gasteiger partial charge on any atom is 0.573 e. The number of aryl methyl sites for hydroxylation is 1. The molecule has 2 aromatic carbocycles. The van der Waals surface area contributed by atoms with Gasteiger partial charge in [0.15, 0.2) is 5.82 Å². The number of benzene rings is 2. The van der Waals surface area contributed by atoms with Crippen LogP contribution >= 0.6 is 0 Å². The highest BCUT2D eigenvalue weighted by Gasteiger charge is 2.47. The van der Waals surface area contributed by atoms with Crippen molar-refractivity contribution in [2.45, 2.75) is 51.2 Å². The van der Waals surface area contributed by atoms with Crippen LogP contribution in [0, 0.1) is 12.8 Å². The third-order valence-corrected chi connectivity index (χ3v) is 7.58. The van der Waals surface area contributed by atoms with Gasteiger partial charge in [-0.15, -0.1) is 13.2 Å². The maximum absolute atomic E-state index is 12.9. The van der Waals surface area contributed by atoms with Crippen LogP contribution in [0.2, 0.25) is 0 Å². The Hall–Kier alpha value is -4.13. The normalized spacial score (nSPS) is 20.1. The first kappa shape index (κ1) is 27.1. The lowest BCUT2D eigenvalue weighted by Gasteiger charge is -2.35. The lowest BCUT2D eigenvalue weighted by atomic mass is 9.87. The Morgan fingerprint density at radius 2 is 2.00 bits per heavy atom. The zero-order chi connectivity index (χ0) is 28.7. The Labute approximate surface area is 233 Å². The van der Waals surface area contributed by atoms with Gasteiger partial charge < -0.3 is 29.5 Å². The molecule has 2 N–H and O–H groups in total. The molecule has 41 heavy (non-hydrogen) atoms. The number of hydrogen-bond donors (Lipinski definition) is 2. The summed E-state index contributed by atoms with van der Waals surface area (Å²) in [4.78, 5) is 31.8. The second kappa shape index (κ2) is 10.7. The molecular formula is C28H28F3N5O5. The molecule has 3 heterocycles. The number of urea groups is 1. The van der Waals surface area contributed by atoms with Gasteiger partial charge in [-0.2, -0.15) is 4.98 Å². The smallest absolute Gasteiger partial charge is 0.406 e. The first-order chi connectivity index (χ1) is 19.6. The minimum atomic E-state index is -4.80. The van der Waals surface area contributed by atoms with Crippen molar-refractivity contribution in [3.63, 3.8) is 0 Å². The number of halogens is 3. The number of ether oxygens (including phenoxy) is 2. The van der Waals surface area contributed by atoms with Crippen LogP contribution in [0.25, 0.3) is 11.1 Å². The van der Waals surface area contributed by atoms with Crippen LogP contribution in [0.5, 0.6) is 5.75 Å². The highest BCUT2D eigenvalue weighted by Crippen LogP contribution is 2.47. The summed E-state index contributed by atoms with van der Waals surface area (Å²) >= 11 is 0. The largest absolute Gasteiger partial charge is 0.573 e. The van der Waals surface area contributed by atoms with Crippen molar-refractivity contribution in [1.82, 2.24) is 25.7 Å². The first-order valence-electron chi connectivity index (χ1n) is 13.4. The van der Waals surface area contributed by atoms with Gasteiger partial charge in [-0.3, -0.25) is 4.79 Å². The molecule has 1 saturated heterocycles. The number of hydrogen-bond acceptors (Lipinski definition) is 7. The Balaban J connectivity index is 1.23. The fourth-order valence-corrected chi connectivity index (χ4v) is 5.33. The van der Waals surface area contributed by atoms with E-state index in [2.05, 4.69) is 25.5 Å². The maximum atomic E-state index is 12.9. The minimum Gasteiger partial charge on any atom is -0.406 e. The molecule has 0 bridgehead atoms. The zero-order valence-corrected chi connectivity index (χ0v) is 22.2. The average Bonchev–Trinajstić information content (AvgIpc) is 3.60. The summed E-state index contributed by atoms with van der Waals surface area (Å²) in [6.07, 6.45) is -3.69. The van der Waals surface area contributed by atoms with Gasteiger partial charge >= 0.3 is 12.4 Å². The van der Waals surface area contributed by atoms with Crippen LogP contribution in [0.3, 0.4) is 0 Å². The topological polar surface area (TPSA) is 119 Å². The molecule has 0 spiro atoms. The molecule has 1 aliphatic carbocycles. The van der Waals surface area contributed by atoms with Gasteiger partial charge in [0.05, 0.1) is 31.1 Å². The minimum absolute atomic E-state index is 0.0283. The van der Waals surface area contributed by atoms with E-state index in [0.29, 0.717) is 56.4 Å². The van der Waals surface area contributed by atoms with Gasteiger partial charge in [0.25, 0.3) is 0 Å². The molecule has 3 amide bonds. The van der Waals surface area contributed by atoms with Gasteiger partial charge in [-0.05, 0) is 59.7 Å². The molecule has 0 radical (unpaired) electrons. The fourth-order valence-electron chi connectivity index (χ4n) is 5.33. The molecule has 0 unspecified atom stereocenters. The van der Waals surface area contributed by atoms with Crippen molar-refractivity contribution in [2.24, 2.45) is 5.92 Å². The van der Waals surface area contributed by atoms with Crippen molar-refractivity contribution in [1.29, 1.82) is 0 Å². The molecule has 2 atom stereocenters. The average molecular weight is 572 g/mol. The third-order valence-electron chi connectivity index (χ3n) is 7.58. The number of nitrogens with zero attached hydrogens (tertiary/aromatic N) is 3. The van der Waals surface area contributed by atoms with Crippen molar-refractivity contribution in [3.05, 3.63) is 64.8 Å². The highest BCUT2D eigenvalue weighted by molar-refractivity contribution is 5.83. The van der Waals surface area contributed by atoms with Gasteiger partial charge in [-0.1, -0.05) is 29.4 Å². The summed E-state index contributed by atoms with van der Waals surface area (Å²) in [6, 6.07) is 9.30. The number of carbonyl (C=O) groups is 2. The SMILES string of the molecule is Cc1noc([C@@H]2C[C@H]2C(=O)NCc2ccc(-c3cccc(OC(F)(F)F)c3)c3c2CN(C(=O)NC2COC2)CC3)n1. The fraction of sp³-hybridized carbons (Fsp3) is 0.429. The molecule has 1 aromatic heterocycles. The molecule has 6 rings (SSSR count). The number of fused-ring (bicyclic) bond motifs is 1. The molecular weight excluding hydrogens is 543 g/mol. The predicted octanol–water partition coefficient (Wildman–Crippen LogP) is 3.83. The van der Waals surface area contributed by atoms with E-state index in [9.17, 15) is 22.8 Å². The monoisotopic (exact) mass is 571 g/mol.